The second-order valence-electron chi connectivity index (χ2n) is 9.72. The quantitative estimate of drug-likeness (QED) is 0.299. The first-order valence-electron chi connectivity index (χ1n) is 11.2. The molecule has 0 bridgehead atoms. The Kier molecular flexibility index (Phi) is 4.47. The molecule has 0 N–H and O–H groups in total. The minimum absolute atomic E-state index is 0.0889. The lowest BCUT2D eigenvalue weighted by atomic mass is 9.86. The van der Waals surface area contributed by atoms with Gasteiger partial charge in [0.05, 0.1) is 14.1 Å². The highest BCUT2D eigenvalue weighted by atomic mass is 16.3. The number of hydrogen-bond donors (Lipinski definition) is 0. The van der Waals surface area contributed by atoms with Crippen LogP contribution >= 0.6 is 0 Å². The summed E-state index contributed by atoms with van der Waals surface area (Å²) in [4.78, 5) is 0. The van der Waals surface area contributed by atoms with Crippen LogP contribution in [0.25, 0.3) is 44.4 Å². The molecule has 3 nitrogen and oxygen atoms in total. The lowest BCUT2D eigenvalue weighted by Gasteiger charge is -2.18. The van der Waals surface area contributed by atoms with Crippen LogP contribution in [-0.2, 0) is 25.9 Å². The van der Waals surface area contributed by atoms with Crippen LogP contribution in [0.2, 0.25) is 0 Å². The van der Waals surface area contributed by atoms with Crippen molar-refractivity contribution in [1.29, 1.82) is 0 Å². The Labute approximate surface area is 183 Å². The van der Waals surface area contributed by atoms with Crippen LogP contribution in [0.4, 0.5) is 0 Å². The highest BCUT2D eigenvalue weighted by molar-refractivity contribution is 6.10. The zero-order valence-corrected chi connectivity index (χ0v) is 19.4. The highest BCUT2D eigenvalue weighted by Gasteiger charge is 2.28. The molecule has 0 aliphatic heterocycles. The van der Waals surface area contributed by atoms with Crippen molar-refractivity contribution in [2.75, 3.05) is 0 Å². The number of fused-ring (bicyclic) bond motifs is 4. The number of para-hydroxylation sites is 2. The van der Waals surface area contributed by atoms with Crippen molar-refractivity contribution in [3.8, 4) is 11.4 Å². The molecule has 5 aromatic rings. The van der Waals surface area contributed by atoms with Gasteiger partial charge in [0.25, 0.3) is 5.82 Å². The van der Waals surface area contributed by atoms with E-state index < -0.39 is 0 Å². The molecule has 2 heterocycles. The fourth-order valence-corrected chi connectivity index (χ4v) is 4.89. The lowest BCUT2D eigenvalue weighted by Crippen LogP contribution is -2.30. The number of aryl methyl sites for hydroxylation is 3. The van der Waals surface area contributed by atoms with Gasteiger partial charge in [-0.3, -0.25) is 0 Å². The third-order valence-electron chi connectivity index (χ3n) is 6.58. The van der Waals surface area contributed by atoms with Gasteiger partial charge >= 0.3 is 0 Å². The molecule has 5 rings (SSSR count). The van der Waals surface area contributed by atoms with Crippen molar-refractivity contribution in [1.82, 2.24) is 4.57 Å². The molecular formula is C28H31N2O+. The van der Waals surface area contributed by atoms with E-state index in [-0.39, 0.29) is 5.41 Å². The molecule has 2 aromatic heterocycles. The summed E-state index contributed by atoms with van der Waals surface area (Å²) in [5, 5.41) is 2.38. The first-order valence-corrected chi connectivity index (χ1v) is 11.2. The maximum atomic E-state index is 6.64. The summed E-state index contributed by atoms with van der Waals surface area (Å²) in [6.45, 7) is 8.98. The maximum Gasteiger partial charge on any atom is 0.293 e. The average molecular weight is 412 g/mol. The van der Waals surface area contributed by atoms with Crippen molar-refractivity contribution in [3.63, 3.8) is 0 Å². The second-order valence-corrected chi connectivity index (χ2v) is 9.72. The van der Waals surface area contributed by atoms with Gasteiger partial charge in [0.15, 0.2) is 16.6 Å². The monoisotopic (exact) mass is 411 g/mol. The van der Waals surface area contributed by atoms with E-state index in [1.807, 2.05) is 0 Å². The van der Waals surface area contributed by atoms with Crippen LogP contribution in [-0.4, -0.2) is 4.57 Å². The van der Waals surface area contributed by atoms with Crippen LogP contribution in [0, 0.1) is 0 Å². The summed E-state index contributed by atoms with van der Waals surface area (Å²) in [6.07, 6.45) is 2.12. The Hall–Kier alpha value is -3.07. The van der Waals surface area contributed by atoms with E-state index in [2.05, 4.69) is 106 Å². The van der Waals surface area contributed by atoms with Crippen molar-refractivity contribution in [2.24, 2.45) is 14.1 Å². The van der Waals surface area contributed by atoms with Crippen molar-refractivity contribution in [2.45, 2.75) is 46.0 Å². The molecule has 0 atom stereocenters. The van der Waals surface area contributed by atoms with E-state index in [0.29, 0.717) is 0 Å². The van der Waals surface area contributed by atoms with Crippen LogP contribution in [0.15, 0.2) is 59.0 Å². The van der Waals surface area contributed by atoms with E-state index in [1.54, 1.807) is 0 Å². The predicted octanol–water partition coefficient (Wildman–Crippen LogP) is 6.82. The Balaban J connectivity index is 1.89. The van der Waals surface area contributed by atoms with Crippen molar-refractivity contribution < 1.29 is 8.98 Å². The molecule has 0 aliphatic rings. The average Bonchev–Trinajstić information content (AvgIpc) is 3.23. The summed E-state index contributed by atoms with van der Waals surface area (Å²) < 4.78 is 11.2. The van der Waals surface area contributed by atoms with E-state index in [4.69, 9.17) is 4.42 Å². The molecule has 0 saturated carbocycles. The molecule has 31 heavy (non-hydrogen) atoms. The fraction of sp³-hybridized carbons (Fsp3) is 0.321. The van der Waals surface area contributed by atoms with E-state index in [1.165, 1.54) is 44.3 Å². The maximum absolute atomic E-state index is 6.64. The molecule has 0 amide bonds. The Bertz CT molecular complexity index is 1400. The van der Waals surface area contributed by atoms with Crippen LogP contribution in [0.3, 0.4) is 0 Å². The summed E-state index contributed by atoms with van der Waals surface area (Å²) in [7, 11) is 4.32. The third-order valence-corrected chi connectivity index (χ3v) is 6.58. The molecule has 3 aromatic carbocycles. The van der Waals surface area contributed by atoms with E-state index >= 15 is 0 Å². The number of benzene rings is 3. The van der Waals surface area contributed by atoms with Gasteiger partial charge in [0, 0.05) is 10.8 Å². The summed E-state index contributed by atoms with van der Waals surface area (Å²) >= 11 is 0. The van der Waals surface area contributed by atoms with Crippen LogP contribution < -0.4 is 4.57 Å². The Morgan fingerprint density at radius 1 is 0.968 bits per heavy atom. The molecule has 3 heteroatoms. The lowest BCUT2D eigenvalue weighted by molar-refractivity contribution is -0.634. The Morgan fingerprint density at radius 3 is 2.42 bits per heavy atom. The number of rotatable bonds is 3. The molecule has 0 fully saturated rings. The fourth-order valence-electron chi connectivity index (χ4n) is 4.89. The number of hydrogen-bond acceptors (Lipinski definition) is 1. The van der Waals surface area contributed by atoms with Gasteiger partial charge in [-0.25, -0.2) is 9.13 Å². The predicted molar refractivity (Wildman–Crippen MR) is 130 cm³/mol. The van der Waals surface area contributed by atoms with Gasteiger partial charge in [0.1, 0.15) is 11.1 Å². The summed E-state index contributed by atoms with van der Waals surface area (Å²) in [5.41, 5.74) is 8.36. The second kappa shape index (κ2) is 6.98. The number of aromatic nitrogens is 2. The van der Waals surface area contributed by atoms with Gasteiger partial charge in [-0.1, -0.05) is 70.5 Å². The first-order chi connectivity index (χ1) is 14.8. The largest absolute Gasteiger partial charge is 0.455 e. The van der Waals surface area contributed by atoms with Gasteiger partial charge in [-0.05, 0) is 41.2 Å². The van der Waals surface area contributed by atoms with Gasteiger partial charge in [-0.15, -0.1) is 0 Å². The van der Waals surface area contributed by atoms with Crippen LogP contribution in [0.5, 0.6) is 0 Å². The van der Waals surface area contributed by atoms with E-state index in [9.17, 15) is 0 Å². The summed E-state index contributed by atoms with van der Waals surface area (Å²) in [5.74, 6) is 1.19. The smallest absolute Gasteiger partial charge is 0.293 e. The number of imidazole rings is 1. The zero-order chi connectivity index (χ0) is 21.9. The van der Waals surface area contributed by atoms with Gasteiger partial charge in [-0.2, -0.15) is 0 Å². The molecule has 158 valence electrons. The van der Waals surface area contributed by atoms with Crippen LogP contribution in [0.1, 0.15) is 45.2 Å². The molecule has 0 spiro atoms. The molecule has 0 unspecified atom stereocenters. The van der Waals surface area contributed by atoms with Crippen molar-refractivity contribution in [3.05, 3.63) is 65.7 Å². The number of furan rings is 1. The topological polar surface area (TPSA) is 21.9 Å². The number of nitrogens with zero attached hydrogens (tertiary/aromatic N) is 2. The summed E-state index contributed by atoms with van der Waals surface area (Å²) in [6, 6.07) is 19.8. The first kappa shape index (κ1) is 19.9. The molecular weight excluding hydrogens is 380 g/mol. The molecule has 0 radical (unpaired) electrons. The molecule has 0 saturated heterocycles. The molecule has 0 aliphatic carbocycles. The standard InChI is InChI=1S/C28H31N2O/c1-7-10-18-13-15-21-20-16-14-19(28(2,3)4)17-24(20)31-26(21)25(18)27-29(5)22-11-8-9-12-23(22)30(27)6/h8-9,11-17H,7,10H2,1-6H3/q+1. The minimum atomic E-state index is 0.0889. The highest BCUT2D eigenvalue weighted by Crippen LogP contribution is 2.39. The third kappa shape index (κ3) is 2.98. The van der Waals surface area contributed by atoms with Gasteiger partial charge < -0.3 is 4.42 Å². The van der Waals surface area contributed by atoms with Crippen molar-refractivity contribution >= 4 is 33.0 Å². The Morgan fingerprint density at radius 2 is 1.71 bits per heavy atom. The zero-order valence-electron chi connectivity index (χ0n) is 19.4. The van der Waals surface area contributed by atoms with Gasteiger partial charge in [0.2, 0.25) is 0 Å². The normalized spacial score (nSPS) is 12.5. The van der Waals surface area contributed by atoms with E-state index in [0.717, 1.165) is 24.0 Å². The minimum Gasteiger partial charge on any atom is -0.455 e. The SMILES string of the molecule is CCCc1ccc2c(oc3cc(C(C)(C)C)ccc32)c1-c1n(C)c2ccccc2[n+]1C.